The molecule has 0 aliphatic heterocycles. The SMILES string of the molecule is COc1c(C(CC=O)SCC(NC(=O)CCC(N)C(=O)O)C(=O)NCC(=O)O)cc(O)c(O)c1OC. The number of aliphatic carboxylic acids is 2. The monoisotopic (exact) mass is 531 g/mol. The lowest BCUT2D eigenvalue weighted by molar-refractivity contribution is -0.139. The third-order valence-electron chi connectivity index (χ3n) is 4.81. The van der Waals surface area contributed by atoms with Crippen molar-refractivity contribution in [3.05, 3.63) is 11.6 Å². The highest BCUT2D eigenvalue weighted by molar-refractivity contribution is 7.99. The molecule has 0 aromatic heterocycles. The standard InChI is InChI=1S/C21H29N3O11S/c1-34-18-10(7-13(26)17(30)19(18)35-2)14(5-6-25)36-9-12(20(31)23-8-16(28)29)24-15(27)4-3-11(22)21(32)33/h6-7,11-12,14,26,30H,3-5,8-9,22H2,1-2H3,(H,23,31)(H,24,27)(H,28,29)(H,32,33). The van der Waals surface area contributed by atoms with E-state index in [0.717, 1.165) is 11.8 Å². The van der Waals surface area contributed by atoms with Gasteiger partial charge >= 0.3 is 11.9 Å². The Morgan fingerprint density at radius 3 is 2.31 bits per heavy atom. The van der Waals surface area contributed by atoms with Crippen LogP contribution in [0.3, 0.4) is 0 Å². The van der Waals surface area contributed by atoms with Crippen LogP contribution in [0.1, 0.15) is 30.1 Å². The number of thioether (sulfide) groups is 1. The highest BCUT2D eigenvalue weighted by atomic mass is 32.2. The number of carbonyl (C=O) groups excluding carboxylic acids is 3. The number of hydrogen-bond donors (Lipinski definition) is 7. The average molecular weight is 532 g/mol. The fraction of sp³-hybridized carbons (Fsp3) is 0.476. The Kier molecular flexibility index (Phi) is 12.3. The van der Waals surface area contributed by atoms with Gasteiger partial charge in [-0.2, -0.15) is 11.8 Å². The quantitative estimate of drug-likeness (QED) is 0.104. The van der Waals surface area contributed by atoms with Crippen LogP contribution < -0.4 is 25.8 Å². The molecule has 0 aliphatic rings. The van der Waals surface area contributed by atoms with E-state index in [1.807, 2.05) is 0 Å². The average Bonchev–Trinajstić information content (AvgIpc) is 2.83. The Labute approximate surface area is 210 Å². The van der Waals surface area contributed by atoms with Crippen molar-refractivity contribution in [2.45, 2.75) is 36.6 Å². The number of amides is 2. The minimum absolute atomic E-state index is 0.0331. The first-order valence-corrected chi connectivity index (χ1v) is 11.5. The summed E-state index contributed by atoms with van der Waals surface area (Å²) in [7, 11) is 2.52. The Morgan fingerprint density at radius 2 is 1.78 bits per heavy atom. The number of aromatic hydroxyl groups is 2. The van der Waals surface area contributed by atoms with Gasteiger partial charge in [0, 0.05) is 29.4 Å². The predicted molar refractivity (Wildman–Crippen MR) is 126 cm³/mol. The molecule has 200 valence electrons. The van der Waals surface area contributed by atoms with Gasteiger partial charge in [-0.25, -0.2) is 0 Å². The fourth-order valence-corrected chi connectivity index (χ4v) is 4.23. The predicted octanol–water partition coefficient (Wildman–Crippen LogP) is -0.644. The molecule has 8 N–H and O–H groups in total. The summed E-state index contributed by atoms with van der Waals surface area (Å²) >= 11 is 1.00. The zero-order valence-corrected chi connectivity index (χ0v) is 20.4. The largest absolute Gasteiger partial charge is 0.504 e. The van der Waals surface area contributed by atoms with Crippen molar-refractivity contribution in [1.82, 2.24) is 10.6 Å². The zero-order valence-electron chi connectivity index (χ0n) is 19.6. The second-order valence-corrected chi connectivity index (χ2v) is 8.58. The van der Waals surface area contributed by atoms with Crippen LogP contribution in [0.5, 0.6) is 23.0 Å². The van der Waals surface area contributed by atoms with Gasteiger partial charge in [0.05, 0.1) is 14.2 Å². The van der Waals surface area contributed by atoms with Crippen LogP contribution in [0.2, 0.25) is 0 Å². The van der Waals surface area contributed by atoms with Gasteiger partial charge in [-0.3, -0.25) is 19.2 Å². The van der Waals surface area contributed by atoms with Gasteiger partial charge in [0.25, 0.3) is 0 Å². The second kappa shape index (κ2) is 14.6. The van der Waals surface area contributed by atoms with E-state index >= 15 is 0 Å². The van der Waals surface area contributed by atoms with Gasteiger partial charge in [-0.1, -0.05) is 0 Å². The van der Waals surface area contributed by atoms with Crippen molar-refractivity contribution >= 4 is 41.8 Å². The molecule has 1 aromatic rings. The molecule has 3 atom stereocenters. The summed E-state index contributed by atoms with van der Waals surface area (Å²) in [4.78, 5) is 57.9. The van der Waals surface area contributed by atoms with Gasteiger partial charge < -0.3 is 51.1 Å². The van der Waals surface area contributed by atoms with Crippen LogP contribution in [-0.2, 0) is 24.0 Å². The Morgan fingerprint density at radius 1 is 1.14 bits per heavy atom. The van der Waals surface area contributed by atoms with Gasteiger partial charge in [0.2, 0.25) is 23.3 Å². The van der Waals surface area contributed by atoms with Crippen LogP contribution in [0, 0.1) is 0 Å². The maximum Gasteiger partial charge on any atom is 0.322 e. The van der Waals surface area contributed by atoms with E-state index < -0.39 is 59.1 Å². The summed E-state index contributed by atoms with van der Waals surface area (Å²) < 4.78 is 10.4. The smallest absolute Gasteiger partial charge is 0.322 e. The molecule has 2 amide bonds. The molecule has 1 rings (SSSR count). The number of hydrogen-bond acceptors (Lipinski definition) is 11. The van der Waals surface area contributed by atoms with Crippen molar-refractivity contribution in [2.24, 2.45) is 5.73 Å². The highest BCUT2D eigenvalue weighted by Gasteiger charge is 2.28. The van der Waals surface area contributed by atoms with E-state index in [0.29, 0.717) is 6.29 Å². The summed E-state index contributed by atoms with van der Waals surface area (Å²) in [6.07, 6.45) is -0.0527. The van der Waals surface area contributed by atoms with E-state index in [1.54, 1.807) is 0 Å². The molecule has 3 unspecified atom stereocenters. The summed E-state index contributed by atoms with van der Waals surface area (Å²) in [5, 5.41) is 41.6. The second-order valence-electron chi connectivity index (χ2n) is 7.34. The number of carbonyl (C=O) groups is 5. The lowest BCUT2D eigenvalue weighted by Crippen LogP contribution is -2.49. The molecular formula is C21H29N3O11S. The van der Waals surface area contributed by atoms with E-state index in [1.165, 1.54) is 20.3 Å². The number of methoxy groups -OCH3 is 2. The third kappa shape index (κ3) is 8.81. The molecule has 0 spiro atoms. The van der Waals surface area contributed by atoms with Crippen molar-refractivity contribution in [2.75, 3.05) is 26.5 Å². The minimum Gasteiger partial charge on any atom is -0.504 e. The van der Waals surface area contributed by atoms with Gasteiger partial charge in [-0.05, 0) is 12.5 Å². The number of nitrogens with two attached hydrogens (primary N) is 1. The zero-order chi connectivity index (χ0) is 27.4. The number of ether oxygens (including phenoxy) is 2. The third-order valence-corrected chi connectivity index (χ3v) is 6.19. The minimum atomic E-state index is -1.32. The number of aldehydes is 1. The first-order valence-electron chi connectivity index (χ1n) is 10.5. The number of carboxylic acid groups (broad SMARTS) is 2. The first kappa shape index (κ1) is 30.3. The summed E-state index contributed by atoms with van der Waals surface area (Å²) in [5.74, 6) is -5.57. The summed E-state index contributed by atoms with van der Waals surface area (Å²) in [6, 6.07) is -1.38. The number of phenolic OH excluding ortho intramolecular Hbond substituents is 2. The van der Waals surface area contributed by atoms with Crippen LogP contribution >= 0.6 is 11.8 Å². The Bertz CT molecular complexity index is 973. The first-order chi connectivity index (χ1) is 17.0. The molecule has 14 nitrogen and oxygen atoms in total. The molecule has 0 bridgehead atoms. The van der Waals surface area contributed by atoms with E-state index in [2.05, 4.69) is 10.6 Å². The Balaban J connectivity index is 3.16. The van der Waals surface area contributed by atoms with E-state index in [-0.39, 0.29) is 42.1 Å². The van der Waals surface area contributed by atoms with E-state index in [4.69, 9.17) is 25.4 Å². The van der Waals surface area contributed by atoms with E-state index in [9.17, 15) is 34.2 Å². The molecular weight excluding hydrogens is 502 g/mol. The van der Waals surface area contributed by atoms with Gasteiger partial charge in [0.15, 0.2) is 11.5 Å². The van der Waals surface area contributed by atoms with Crippen molar-refractivity contribution in [3.63, 3.8) is 0 Å². The molecule has 36 heavy (non-hydrogen) atoms. The van der Waals surface area contributed by atoms with Crippen molar-refractivity contribution in [1.29, 1.82) is 0 Å². The van der Waals surface area contributed by atoms with Crippen LogP contribution in [0.4, 0.5) is 0 Å². The summed E-state index contributed by atoms with van der Waals surface area (Å²) in [5.41, 5.74) is 5.64. The lowest BCUT2D eigenvalue weighted by Gasteiger charge is -2.23. The maximum absolute atomic E-state index is 12.6. The summed E-state index contributed by atoms with van der Waals surface area (Å²) in [6.45, 7) is -0.714. The van der Waals surface area contributed by atoms with Crippen LogP contribution in [-0.4, -0.2) is 89.1 Å². The number of rotatable bonds is 16. The molecule has 0 saturated carbocycles. The highest BCUT2D eigenvalue weighted by Crippen LogP contribution is 2.50. The molecule has 15 heteroatoms. The molecule has 0 saturated heterocycles. The molecule has 1 aromatic carbocycles. The number of benzene rings is 1. The molecule has 0 radical (unpaired) electrons. The fourth-order valence-electron chi connectivity index (χ4n) is 3.01. The van der Waals surface area contributed by atoms with Crippen LogP contribution in [0.25, 0.3) is 0 Å². The number of nitrogens with one attached hydrogen (secondary N) is 2. The Hall–Kier alpha value is -3.72. The van der Waals surface area contributed by atoms with Gasteiger partial charge in [0.1, 0.15) is 24.9 Å². The lowest BCUT2D eigenvalue weighted by atomic mass is 10.1. The molecule has 0 heterocycles. The molecule has 0 fully saturated rings. The van der Waals surface area contributed by atoms with Crippen molar-refractivity contribution < 1.29 is 53.9 Å². The van der Waals surface area contributed by atoms with Crippen molar-refractivity contribution in [3.8, 4) is 23.0 Å². The number of carboxylic acids is 2. The van der Waals surface area contributed by atoms with Gasteiger partial charge in [-0.15, -0.1) is 0 Å². The number of phenols is 2. The normalized spacial score (nSPS) is 13.1. The maximum atomic E-state index is 12.6. The van der Waals surface area contributed by atoms with Crippen LogP contribution in [0.15, 0.2) is 6.07 Å². The topological polar surface area (TPSA) is 235 Å². The molecule has 0 aliphatic carbocycles.